The number of benzene rings is 1. The molecule has 1 aliphatic heterocycles. The fourth-order valence-corrected chi connectivity index (χ4v) is 2.46. The SMILES string of the molecule is CN1[C@@H](C(=O)NCc2ccccc2)CC[C@H]1C(=O)O. The fraction of sp³-hybridized carbons (Fsp3) is 0.429. The van der Waals surface area contributed by atoms with E-state index in [4.69, 9.17) is 5.11 Å². The second-order valence-electron chi connectivity index (χ2n) is 4.82. The number of carbonyl (C=O) groups is 2. The van der Waals surface area contributed by atoms with Crippen LogP contribution in [0.5, 0.6) is 0 Å². The Bertz CT molecular complexity index is 461. The Morgan fingerprint density at radius 3 is 2.47 bits per heavy atom. The van der Waals surface area contributed by atoms with Gasteiger partial charge < -0.3 is 10.4 Å². The van der Waals surface area contributed by atoms with E-state index in [2.05, 4.69) is 5.32 Å². The minimum absolute atomic E-state index is 0.102. The first-order valence-electron chi connectivity index (χ1n) is 6.36. The molecule has 2 atom stereocenters. The molecule has 0 aliphatic carbocycles. The van der Waals surface area contributed by atoms with Crippen molar-refractivity contribution < 1.29 is 14.7 Å². The molecule has 1 saturated heterocycles. The van der Waals surface area contributed by atoms with Crippen molar-refractivity contribution in [3.8, 4) is 0 Å². The molecular formula is C14H18N2O3. The van der Waals surface area contributed by atoms with Crippen LogP contribution in [0.3, 0.4) is 0 Å². The van der Waals surface area contributed by atoms with Crippen LogP contribution in [0.4, 0.5) is 0 Å². The number of hydrogen-bond acceptors (Lipinski definition) is 3. The van der Waals surface area contributed by atoms with Crippen molar-refractivity contribution in [3.05, 3.63) is 35.9 Å². The highest BCUT2D eigenvalue weighted by Crippen LogP contribution is 2.22. The van der Waals surface area contributed by atoms with Crippen LogP contribution in [0.15, 0.2) is 30.3 Å². The lowest BCUT2D eigenvalue weighted by molar-refractivity contribution is -0.142. The van der Waals surface area contributed by atoms with Crippen LogP contribution in [0.1, 0.15) is 18.4 Å². The maximum absolute atomic E-state index is 12.1. The van der Waals surface area contributed by atoms with Gasteiger partial charge in [-0.2, -0.15) is 0 Å². The highest BCUT2D eigenvalue weighted by atomic mass is 16.4. The number of rotatable bonds is 4. The van der Waals surface area contributed by atoms with Crippen LogP contribution >= 0.6 is 0 Å². The number of carbonyl (C=O) groups excluding carboxylic acids is 1. The van der Waals surface area contributed by atoms with Gasteiger partial charge in [0.05, 0.1) is 6.04 Å². The minimum atomic E-state index is -0.860. The van der Waals surface area contributed by atoms with Crippen molar-refractivity contribution in [2.24, 2.45) is 0 Å². The first-order chi connectivity index (χ1) is 9.09. The van der Waals surface area contributed by atoms with E-state index in [1.807, 2.05) is 30.3 Å². The summed E-state index contributed by atoms with van der Waals surface area (Å²) in [6.07, 6.45) is 1.11. The largest absolute Gasteiger partial charge is 0.480 e. The average Bonchev–Trinajstić information content (AvgIpc) is 2.79. The van der Waals surface area contributed by atoms with Crippen LogP contribution in [0.25, 0.3) is 0 Å². The topological polar surface area (TPSA) is 69.6 Å². The molecule has 2 N–H and O–H groups in total. The Labute approximate surface area is 112 Å². The van der Waals surface area contributed by atoms with Crippen molar-refractivity contribution in [1.29, 1.82) is 0 Å². The summed E-state index contributed by atoms with van der Waals surface area (Å²) in [5, 5.41) is 11.9. The highest BCUT2D eigenvalue weighted by Gasteiger charge is 2.38. The third-order valence-corrected chi connectivity index (χ3v) is 3.59. The third kappa shape index (κ3) is 3.12. The number of nitrogens with one attached hydrogen (secondary N) is 1. The van der Waals surface area contributed by atoms with Gasteiger partial charge in [-0.1, -0.05) is 30.3 Å². The van der Waals surface area contributed by atoms with Gasteiger partial charge in [-0.15, -0.1) is 0 Å². The lowest BCUT2D eigenvalue weighted by Crippen LogP contribution is -2.45. The molecule has 0 aromatic heterocycles. The van der Waals surface area contributed by atoms with Crippen LogP contribution in [0, 0.1) is 0 Å². The molecule has 1 aliphatic rings. The molecule has 0 spiro atoms. The fourth-order valence-electron chi connectivity index (χ4n) is 2.46. The van der Waals surface area contributed by atoms with E-state index >= 15 is 0 Å². The van der Waals surface area contributed by atoms with Crippen LogP contribution in [-0.2, 0) is 16.1 Å². The van der Waals surface area contributed by atoms with E-state index in [1.165, 1.54) is 0 Å². The number of likely N-dealkylation sites (tertiary alicyclic amines) is 1. The molecule has 0 radical (unpaired) electrons. The molecule has 1 heterocycles. The summed E-state index contributed by atoms with van der Waals surface area (Å²) in [4.78, 5) is 24.7. The summed E-state index contributed by atoms with van der Waals surface area (Å²) in [6, 6.07) is 8.76. The number of amides is 1. The molecule has 0 saturated carbocycles. The van der Waals surface area contributed by atoms with Gasteiger partial charge in [-0.3, -0.25) is 14.5 Å². The number of likely N-dealkylation sites (N-methyl/N-ethyl adjacent to an activating group) is 1. The summed E-state index contributed by atoms with van der Waals surface area (Å²) in [6.45, 7) is 0.474. The van der Waals surface area contributed by atoms with Gasteiger partial charge in [-0.25, -0.2) is 0 Å². The average molecular weight is 262 g/mol. The van der Waals surface area contributed by atoms with Gasteiger partial charge in [-0.05, 0) is 25.5 Å². The lowest BCUT2D eigenvalue weighted by atomic mass is 10.2. The molecule has 0 unspecified atom stereocenters. The maximum atomic E-state index is 12.1. The van der Waals surface area contributed by atoms with Crippen molar-refractivity contribution in [2.45, 2.75) is 31.5 Å². The second kappa shape index (κ2) is 5.84. The van der Waals surface area contributed by atoms with Crippen LogP contribution < -0.4 is 5.32 Å². The molecule has 5 nitrogen and oxygen atoms in total. The molecule has 1 amide bonds. The molecule has 5 heteroatoms. The summed E-state index contributed by atoms with van der Waals surface area (Å²) >= 11 is 0. The van der Waals surface area contributed by atoms with Crippen molar-refractivity contribution >= 4 is 11.9 Å². The first kappa shape index (κ1) is 13.5. The molecular weight excluding hydrogens is 244 g/mol. The Hall–Kier alpha value is -1.88. The predicted molar refractivity (Wildman–Crippen MR) is 70.5 cm³/mol. The zero-order valence-electron chi connectivity index (χ0n) is 10.9. The number of carboxylic acid groups (broad SMARTS) is 1. The molecule has 19 heavy (non-hydrogen) atoms. The van der Waals surface area contributed by atoms with Gasteiger partial charge in [0, 0.05) is 6.54 Å². The van der Waals surface area contributed by atoms with Gasteiger partial charge in [0.15, 0.2) is 0 Å². The molecule has 102 valence electrons. The van der Waals surface area contributed by atoms with E-state index in [-0.39, 0.29) is 11.9 Å². The number of hydrogen-bond donors (Lipinski definition) is 2. The Balaban J connectivity index is 1.89. The highest BCUT2D eigenvalue weighted by molar-refractivity contribution is 5.84. The quantitative estimate of drug-likeness (QED) is 0.844. The predicted octanol–water partition coefficient (Wildman–Crippen LogP) is 0.850. The third-order valence-electron chi connectivity index (χ3n) is 3.59. The molecule has 2 rings (SSSR count). The maximum Gasteiger partial charge on any atom is 0.320 e. The van der Waals surface area contributed by atoms with Crippen molar-refractivity contribution in [2.75, 3.05) is 7.05 Å². The number of carboxylic acids is 1. The monoisotopic (exact) mass is 262 g/mol. The normalized spacial score (nSPS) is 23.2. The second-order valence-corrected chi connectivity index (χ2v) is 4.82. The van der Waals surface area contributed by atoms with E-state index in [0.29, 0.717) is 19.4 Å². The molecule has 1 aromatic rings. The Kier molecular flexibility index (Phi) is 4.16. The Morgan fingerprint density at radius 2 is 1.89 bits per heavy atom. The molecule has 1 aromatic carbocycles. The minimum Gasteiger partial charge on any atom is -0.480 e. The van der Waals surface area contributed by atoms with E-state index in [9.17, 15) is 9.59 Å². The van der Waals surface area contributed by atoms with Gasteiger partial charge >= 0.3 is 5.97 Å². The van der Waals surface area contributed by atoms with Crippen molar-refractivity contribution in [3.63, 3.8) is 0 Å². The van der Waals surface area contributed by atoms with Gasteiger partial charge in [0.25, 0.3) is 0 Å². The Morgan fingerprint density at radius 1 is 1.26 bits per heavy atom. The number of nitrogens with zero attached hydrogens (tertiary/aromatic N) is 1. The van der Waals surface area contributed by atoms with Gasteiger partial charge in [0.1, 0.15) is 6.04 Å². The summed E-state index contributed by atoms with van der Waals surface area (Å²) in [7, 11) is 1.69. The molecule has 1 fully saturated rings. The summed E-state index contributed by atoms with van der Waals surface area (Å²) < 4.78 is 0. The van der Waals surface area contributed by atoms with E-state index in [1.54, 1.807) is 11.9 Å². The standard InChI is InChI=1S/C14H18N2O3/c1-16-11(7-8-12(16)14(18)19)13(17)15-9-10-5-3-2-4-6-10/h2-6,11-12H,7-9H2,1H3,(H,15,17)(H,18,19)/t11-,12+/m1/s1. The van der Waals surface area contributed by atoms with E-state index < -0.39 is 12.0 Å². The van der Waals surface area contributed by atoms with Gasteiger partial charge in [0.2, 0.25) is 5.91 Å². The molecule has 0 bridgehead atoms. The number of aliphatic carboxylic acids is 1. The van der Waals surface area contributed by atoms with Crippen molar-refractivity contribution in [1.82, 2.24) is 10.2 Å². The first-order valence-corrected chi connectivity index (χ1v) is 6.36. The van der Waals surface area contributed by atoms with E-state index in [0.717, 1.165) is 5.56 Å². The smallest absolute Gasteiger partial charge is 0.320 e. The van der Waals surface area contributed by atoms with Crippen LogP contribution in [-0.4, -0.2) is 41.0 Å². The summed E-state index contributed by atoms with van der Waals surface area (Å²) in [5.41, 5.74) is 1.03. The summed E-state index contributed by atoms with van der Waals surface area (Å²) in [5.74, 6) is -0.962. The zero-order valence-corrected chi connectivity index (χ0v) is 10.9. The zero-order chi connectivity index (χ0) is 13.8. The lowest BCUT2D eigenvalue weighted by Gasteiger charge is -2.22. The van der Waals surface area contributed by atoms with Crippen LogP contribution in [0.2, 0.25) is 0 Å².